The Bertz CT molecular complexity index is 551. The van der Waals surface area contributed by atoms with Gasteiger partial charge >= 0.3 is 5.97 Å². The van der Waals surface area contributed by atoms with Gasteiger partial charge in [0.25, 0.3) is 0 Å². The highest BCUT2D eigenvalue weighted by molar-refractivity contribution is 7.89. The van der Waals surface area contributed by atoms with Crippen LogP contribution in [-0.4, -0.2) is 38.0 Å². The van der Waals surface area contributed by atoms with E-state index in [9.17, 15) is 18.3 Å². The number of hydrogen-bond donors (Lipinski definition) is 2. The van der Waals surface area contributed by atoms with E-state index >= 15 is 0 Å². The highest BCUT2D eigenvalue weighted by Gasteiger charge is 2.29. The van der Waals surface area contributed by atoms with Crippen LogP contribution >= 0.6 is 0 Å². The van der Waals surface area contributed by atoms with Crippen LogP contribution in [0.1, 0.15) is 24.4 Å². The van der Waals surface area contributed by atoms with Crippen LogP contribution in [0.3, 0.4) is 0 Å². The van der Waals surface area contributed by atoms with E-state index in [0.717, 1.165) is 6.42 Å². The first-order chi connectivity index (χ1) is 9.48. The maximum atomic E-state index is 12.0. The molecule has 1 aliphatic rings. The summed E-state index contributed by atoms with van der Waals surface area (Å²) in [6.07, 6.45) is 1.17. The SMILES string of the molecule is O=C(O)[C@@H](NS(=O)(=O)CC1CCCO1)c1ccccc1. The molecular weight excluding hydrogens is 282 g/mol. The van der Waals surface area contributed by atoms with E-state index in [2.05, 4.69) is 4.72 Å². The number of carbonyl (C=O) groups is 1. The molecule has 0 spiro atoms. The highest BCUT2D eigenvalue weighted by Crippen LogP contribution is 2.17. The molecule has 0 bridgehead atoms. The molecule has 1 aliphatic heterocycles. The average molecular weight is 299 g/mol. The van der Waals surface area contributed by atoms with Crippen molar-refractivity contribution in [2.24, 2.45) is 0 Å². The van der Waals surface area contributed by atoms with Crippen molar-refractivity contribution in [1.82, 2.24) is 4.72 Å². The summed E-state index contributed by atoms with van der Waals surface area (Å²) in [5.41, 5.74) is 0.399. The van der Waals surface area contributed by atoms with Gasteiger partial charge in [-0.05, 0) is 18.4 Å². The van der Waals surface area contributed by atoms with Crippen molar-refractivity contribution in [3.8, 4) is 0 Å². The average Bonchev–Trinajstić information content (AvgIpc) is 2.89. The van der Waals surface area contributed by atoms with Crippen molar-refractivity contribution in [2.75, 3.05) is 12.4 Å². The number of carboxylic acids is 1. The Morgan fingerprint density at radius 1 is 1.40 bits per heavy atom. The fourth-order valence-electron chi connectivity index (χ4n) is 2.15. The third kappa shape index (κ3) is 4.03. The van der Waals surface area contributed by atoms with Crippen molar-refractivity contribution >= 4 is 16.0 Å². The lowest BCUT2D eigenvalue weighted by Gasteiger charge is -2.17. The van der Waals surface area contributed by atoms with E-state index in [0.29, 0.717) is 18.6 Å². The minimum atomic E-state index is -3.71. The van der Waals surface area contributed by atoms with Crippen LogP contribution in [-0.2, 0) is 19.6 Å². The van der Waals surface area contributed by atoms with Crippen LogP contribution in [0.4, 0.5) is 0 Å². The number of ether oxygens (including phenoxy) is 1. The molecule has 0 aromatic heterocycles. The molecule has 2 N–H and O–H groups in total. The largest absolute Gasteiger partial charge is 0.480 e. The molecule has 1 heterocycles. The number of aliphatic carboxylic acids is 1. The Labute approximate surface area is 117 Å². The second kappa shape index (κ2) is 6.34. The zero-order valence-corrected chi connectivity index (χ0v) is 11.7. The Morgan fingerprint density at radius 3 is 2.65 bits per heavy atom. The Morgan fingerprint density at radius 2 is 2.10 bits per heavy atom. The van der Waals surface area contributed by atoms with Gasteiger partial charge < -0.3 is 9.84 Å². The van der Waals surface area contributed by atoms with Gasteiger partial charge in [0.15, 0.2) is 0 Å². The maximum absolute atomic E-state index is 12.0. The van der Waals surface area contributed by atoms with E-state index in [1.807, 2.05) is 0 Å². The molecule has 20 heavy (non-hydrogen) atoms. The second-order valence-electron chi connectivity index (χ2n) is 4.72. The van der Waals surface area contributed by atoms with Crippen molar-refractivity contribution in [2.45, 2.75) is 25.0 Å². The van der Waals surface area contributed by atoms with Crippen molar-refractivity contribution in [1.29, 1.82) is 0 Å². The third-order valence-corrected chi connectivity index (χ3v) is 4.51. The molecule has 1 saturated heterocycles. The zero-order chi connectivity index (χ0) is 14.6. The summed E-state index contributed by atoms with van der Waals surface area (Å²) in [6.45, 7) is 0.557. The lowest BCUT2D eigenvalue weighted by atomic mass is 10.1. The summed E-state index contributed by atoms with van der Waals surface area (Å²) in [6, 6.07) is 6.95. The molecule has 7 heteroatoms. The summed E-state index contributed by atoms with van der Waals surface area (Å²) >= 11 is 0. The quantitative estimate of drug-likeness (QED) is 0.814. The third-order valence-electron chi connectivity index (χ3n) is 3.11. The standard InChI is InChI=1S/C13H17NO5S/c15-13(16)12(10-5-2-1-3-6-10)14-20(17,18)9-11-7-4-8-19-11/h1-3,5-6,11-12,14H,4,7-9H2,(H,15,16)/t11?,12-/m0/s1. The van der Waals surface area contributed by atoms with Gasteiger partial charge in [0.05, 0.1) is 11.9 Å². The summed E-state index contributed by atoms with van der Waals surface area (Å²) < 4.78 is 31.5. The van der Waals surface area contributed by atoms with Gasteiger partial charge in [-0.25, -0.2) is 8.42 Å². The molecular formula is C13H17NO5S. The van der Waals surface area contributed by atoms with E-state index in [4.69, 9.17) is 4.74 Å². The van der Waals surface area contributed by atoms with Crippen LogP contribution in [0, 0.1) is 0 Å². The highest BCUT2D eigenvalue weighted by atomic mass is 32.2. The Hall–Kier alpha value is -1.44. The first-order valence-corrected chi connectivity index (χ1v) is 8.02. The van der Waals surface area contributed by atoms with E-state index in [-0.39, 0.29) is 11.9 Å². The van der Waals surface area contributed by atoms with Gasteiger partial charge in [0.1, 0.15) is 6.04 Å². The Balaban J connectivity index is 2.09. The lowest BCUT2D eigenvalue weighted by molar-refractivity contribution is -0.139. The molecule has 2 atom stereocenters. The van der Waals surface area contributed by atoms with Crippen LogP contribution in [0.15, 0.2) is 30.3 Å². The number of rotatable bonds is 6. The molecule has 0 amide bonds. The first kappa shape index (κ1) is 15.0. The number of carboxylic acid groups (broad SMARTS) is 1. The molecule has 1 aromatic rings. The summed E-state index contributed by atoms with van der Waals surface area (Å²) in [5, 5.41) is 9.19. The minimum Gasteiger partial charge on any atom is -0.480 e. The predicted octanol–water partition coefficient (Wildman–Crippen LogP) is 0.911. The molecule has 1 aromatic carbocycles. The number of nitrogens with one attached hydrogen (secondary N) is 1. The molecule has 1 fully saturated rings. The first-order valence-electron chi connectivity index (χ1n) is 6.37. The topological polar surface area (TPSA) is 92.7 Å². The molecule has 110 valence electrons. The monoisotopic (exact) mass is 299 g/mol. The lowest BCUT2D eigenvalue weighted by Crippen LogP contribution is -2.38. The summed E-state index contributed by atoms with van der Waals surface area (Å²) in [7, 11) is -3.71. The van der Waals surface area contributed by atoms with Gasteiger partial charge in [0.2, 0.25) is 10.0 Å². The summed E-state index contributed by atoms with van der Waals surface area (Å²) in [5.74, 6) is -1.43. The van der Waals surface area contributed by atoms with E-state index in [1.54, 1.807) is 30.3 Å². The fraction of sp³-hybridized carbons (Fsp3) is 0.462. The maximum Gasteiger partial charge on any atom is 0.326 e. The van der Waals surface area contributed by atoms with Crippen molar-refractivity contribution in [3.63, 3.8) is 0 Å². The predicted molar refractivity (Wildman–Crippen MR) is 72.7 cm³/mol. The van der Waals surface area contributed by atoms with Gasteiger partial charge in [-0.15, -0.1) is 0 Å². The smallest absolute Gasteiger partial charge is 0.326 e. The van der Waals surface area contributed by atoms with Gasteiger partial charge in [-0.1, -0.05) is 30.3 Å². The van der Waals surface area contributed by atoms with Crippen LogP contribution < -0.4 is 4.72 Å². The fourth-order valence-corrected chi connectivity index (χ4v) is 3.60. The number of hydrogen-bond acceptors (Lipinski definition) is 4. The zero-order valence-electron chi connectivity index (χ0n) is 10.9. The van der Waals surface area contributed by atoms with Crippen LogP contribution in [0.25, 0.3) is 0 Å². The van der Waals surface area contributed by atoms with Gasteiger partial charge in [0, 0.05) is 6.61 Å². The van der Waals surface area contributed by atoms with E-state index < -0.39 is 22.0 Å². The van der Waals surface area contributed by atoms with Crippen LogP contribution in [0.5, 0.6) is 0 Å². The Kier molecular flexibility index (Phi) is 4.74. The van der Waals surface area contributed by atoms with Crippen molar-refractivity contribution in [3.05, 3.63) is 35.9 Å². The molecule has 2 rings (SSSR count). The number of benzene rings is 1. The molecule has 0 radical (unpaired) electrons. The molecule has 6 nitrogen and oxygen atoms in total. The van der Waals surface area contributed by atoms with Crippen LogP contribution in [0.2, 0.25) is 0 Å². The van der Waals surface area contributed by atoms with E-state index in [1.165, 1.54) is 0 Å². The summed E-state index contributed by atoms with van der Waals surface area (Å²) in [4.78, 5) is 11.3. The molecule has 0 aliphatic carbocycles. The molecule has 1 unspecified atom stereocenters. The minimum absolute atomic E-state index is 0.205. The van der Waals surface area contributed by atoms with Crippen molar-refractivity contribution < 1.29 is 23.1 Å². The van der Waals surface area contributed by atoms with Gasteiger partial charge in [-0.2, -0.15) is 4.72 Å². The number of sulfonamides is 1. The normalized spacial score (nSPS) is 20.7. The van der Waals surface area contributed by atoms with Gasteiger partial charge in [-0.3, -0.25) is 4.79 Å². The molecule has 0 saturated carbocycles. The second-order valence-corrected chi connectivity index (χ2v) is 6.51.